The zero-order chi connectivity index (χ0) is 18.7. The van der Waals surface area contributed by atoms with Crippen LogP contribution >= 0.6 is 0 Å². The third kappa shape index (κ3) is 4.27. The molecule has 1 aliphatic carbocycles. The van der Waals surface area contributed by atoms with Crippen molar-refractivity contribution in [3.05, 3.63) is 24.3 Å². The van der Waals surface area contributed by atoms with Crippen LogP contribution in [-0.2, 0) is 14.8 Å². The molecule has 142 valence electrons. The largest absolute Gasteiger partial charge is 0.481 e. The topological polar surface area (TPSA) is 116 Å². The van der Waals surface area contributed by atoms with Gasteiger partial charge in [-0.25, -0.2) is 13.2 Å². The molecular formula is C17H23N3O5S. The Labute approximate surface area is 152 Å². The van der Waals surface area contributed by atoms with Gasteiger partial charge in [0.25, 0.3) is 0 Å². The third-order valence-electron chi connectivity index (χ3n) is 4.90. The van der Waals surface area contributed by atoms with Crippen LogP contribution in [0.5, 0.6) is 0 Å². The fourth-order valence-electron chi connectivity index (χ4n) is 3.51. The first-order valence-electron chi connectivity index (χ1n) is 8.76. The molecule has 1 saturated heterocycles. The highest BCUT2D eigenvalue weighted by Gasteiger charge is 2.29. The molecule has 0 unspecified atom stereocenters. The van der Waals surface area contributed by atoms with E-state index in [4.69, 9.17) is 5.11 Å². The molecule has 1 aromatic carbocycles. The van der Waals surface area contributed by atoms with Crippen molar-refractivity contribution in [3.8, 4) is 0 Å². The Bertz CT molecular complexity index is 787. The predicted molar refractivity (Wildman–Crippen MR) is 97.7 cm³/mol. The van der Waals surface area contributed by atoms with E-state index in [-0.39, 0.29) is 23.7 Å². The first-order valence-corrected chi connectivity index (χ1v) is 10.4. The lowest BCUT2D eigenvalue weighted by atomic mass is 9.86. The number of benzene rings is 1. The van der Waals surface area contributed by atoms with Crippen molar-refractivity contribution in [2.45, 2.75) is 38.1 Å². The van der Waals surface area contributed by atoms with Crippen molar-refractivity contribution in [1.82, 2.24) is 5.32 Å². The molecule has 0 radical (unpaired) electrons. The summed E-state index contributed by atoms with van der Waals surface area (Å²) >= 11 is 0. The number of hydrogen-bond donors (Lipinski definition) is 3. The summed E-state index contributed by atoms with van der Waals surface area (Å²) in [5.41, 5.74) is 1.06. The van der Waals surface area contributed by atoms with Crippen molar-refractivity contribution in [2.75, 3.05) is 21.9 Å². The lowest BCUT2D eigenvalue weighted by molar-refractivity contribution is -0.142. The standard InChI is InChI=1S/C17H23N3O5S/c21-16(22)12-5-7-13(8-6-12)18-17(23)19-14-3-1-4-15(11-14)20-9-2-10-26(20,24)25/h1,3-4,11-13H,2,5-10H2,(H,21,22)(H2,18,19,23). The van der Waals surface area contributed by atoms with E-state index in [0.29, 0.717) is 50.0 Å². The van der Waals surface area contributed by atoms with Crippen LogP contribution in [0.2, 0.25) is 0 Å². The van der Waals surface area contributed by atoms with E-state index in [9.17, 15) is 18.0 Å². The van der Waals surface area contributed by atoms with E-state index >= 15 is 0 Å². The molecule has 1 saturated carbocycles. The lowest BCUT2D eigenvalue weighted by Gasteiger charge is -2.27. The van der Waals surface area contributed by atoms with Gasteiger partial charge in [0.1, 0.15) is 0 Å². The molecule has 8 nitrogen and oxygen atoms in total. The van der Waals surface area contributed by atoms with Gasteiger partial charge in [-0.05, 0) is 50.3 Å². The first kappa shape index (κ1) is 18.5. The summed E-state index contributed by atoms with van der Waals surface area (Å²) in [5.74, 6) is -0.957. The molecule has 3 rings (SSSR count). The first-order chi connectivity index (χ1) is 12.3. The van der Waals surface area contributed by atoms with Crippen LogP contribution in [0.1, 0.15) is 32.1 Å². The summed E-state index contributed by atoms with van der Waals surface area (Å²) < 4.78 is 25.4. The van der Waals surface area contributed by atoms with Crippen LogP contribution in [0.3, 0.4) is 0 Å². The van der Waals surface area contributed by atoms with Crippen LogP contribution in [0.4, 0.5) is 16.2 Å². The number of carbonyl (C=O) groups excluding carboxylic acids is 1. The van der Waals surface area contributed by atoms with Crippen LogP contribution in [0, 0.1) is 5.92 Å². The van der Waals surface area contributed by atoms with Crippen molar-refractivity contribution < 1.29 is 23.1 Å². The summed E-state index contributed by atoms with van der Waals surface area (Å²) in [6, 6.07) is 6.34. The number of rotatable bonds is 4. The number of hydrogen-bond acceptors (Lipinski definition) is 4. The molecule has 2 amide bonds. The van der Waals surface area contributed by atoms with E-state index in [0.717, 1.165) is 0 Å². The van der Waals surface area contributed by atoms with E-state index < -0.39 is 16.0 Å². The maximum atomic E-state index is 12.2. The van der Waals surface area contributed by atoms with Crippen LogP contribution in [0.25, 0.3) is 0 Å². The van der Waals surface area contributed by atoms with Gasteiger partial charge in [0.15, 0.2) is 0 Å². The molecular weight excluding hydrogens is 358 g/mol. The zero-order valence-corrected chi connectivity index (χ0v) is 15.2. The number of anilines is 2. The molecule has 0 atom stereocenters. The molecule has 2 fully saturated rings. The normalized spacial score (nSPS) is 24.8. The van der Waals surface area contributed by atoms with Crippen molar-refractivity contribution in [1.29, 1.82) is 0 Å². The molecule has 2 aliphatic rings. The predicted octanol–water partition coefficient (Wildman–Crippen LogP) is 1.99. The fraction of sp³-hybridized carbons (Fsp3) is 0.529. The summed E-state index contributed by atoms with van der Waals surface area (Å²) in [4.78, 5) is 23.2. The monoisotopic (exact) mass is 381 g/mol. The molecule has 1 aromatic rings. The number of sulfonamides is 1. The van der Waals surface area contributed by atoms with Crippen molar-refractivity contribution in [3.63, 3.8) is 0 Å². The molecule has 1 aliphatic heterocycles. The molecule has 0 bridgehead atoms. The number of amides is 2. The van der Waals surface area contributed by atoms with Gasteiger partial charge in [-0.3, -0.25) is 9.10 Å². The average Bonchev–Trinajstić information content (AvgIpc) is 2.94. The smallest absolute Gasteiger partial charge is 0.319 e. The third-order valence-corrected chi connectivity index (χ3v) is 6.77. The summed E-state index contributed by atoms with van der Waals surface area (Å²) in [5, 5.41) is 14.6. The second kappa shape index (κ2) is 7.53. The Morgan fingerprint density at radius 3 is 2.50 bits per heavy atom. The van der Waals surface area contributed by atoms with Gasteiger partial charge >= 0.3 is 12.0 Å². The van der Waals surface area contributed by atoms with Crippen LogP contribution in [-0.4, -0.2) is 43.9 Å². The van der Waals surface area contributed by atoms with Gasteiger partial charge in [-0.15, -0.1) is 0 Å². The second-order valence-electron chi connectivity index (χ2n) is 6.78. The van der Waals surface area contributed by atoms with E-state index in [2.05, 4.69) is 10.6 Å². The lowest BCUT2D eigenvalue weighted by Crippen LogP contribution is -2.41. The van der Waals surface area contributed by atoms with Gasteiger partial charge in [0.2, 0.25) is 10.0 Å². The van der Waals surface area contributed by atoms with Gasteiger partial charge in [-0.1, -0.05) is 6.07 Å². The minimum absolute atomic E-state index is 0.0484. The van der Waals surface area contributed by atoms with Crippen LogP contribution in [0.15, 0.2) is 24.3 Å². The Morgan fingerprint density at radius 1 is 1.15 bits per heavy atom. The number of carboxylic acids is 1. The number of nitrogens with one attached hydrogen (secondary N) is 2. The van der Waals surface area contributed by atoms with Gasteiger partial charge in [0, 0.05) is 18.3 Å². The second-order valence-corrected chi connectivity index (χ2v) is 8.79. The Kier molecular flexibility index (Phi) is 5.36. The molecule has 0 aromatic heterocycles. The number of aliphatic carboxylic acids is 1. The van der Waals surface area contributed by atoms with E-state index in [1.807, 2.05) is 0 Å². The maximum absolute atomic E-state index is 12.2. The minimum Gasteiger partial charge on any atom is -0.481 e. The average molecular weight is 381 g/mol. The maximum Gasteiger partial charge on any atom is 0.319 e. The fourth-order valence-corrected chi connectivity index (χ4v) is 5.06. The molecule has 0 spiro atoms. The minimum atomic E-state index is -3.26. The van der Waals surface area contributed by atoms with Gasteiger partial charge in [-0.2, -0.15) is 0 Å². The summed E-state index contributed by atoms with van der Waals surface area (Å²) in [6.07, 6.45) is 2.98. The quantitative estimate of drug-likeness (QED) is 0.738. The Hall–Kier alpha value is -2.29. The molecule has 3 N–H and O–H groups in total. The highest BCUT2D eigenvalue weighted by molar-refractivity contribution is 7.93. The van der Waals surface area contributed by atoms with Crippen LogP contribution < -0.4 is 14.9 Å². The zero-order valence-electron chi connectivity index (χ0n) is 14.3. The molecule has 9 heteroatoms. The number of carboxylic acid groups (broad SMARTS) is 1. The van der Waals surface area contributed by atoms with Gasteiger partial charge in [0.05, 0.1) is 17.4 Å². The van der Waals surface area contributed by atoms with E-state index in [1.165, 1.54) is 4.31 Å². The molecule has 26 heavy (non-hydrogen) atoms. The highest BCUT2D eigenvalue weighted by atomic mass is 32.2. The molecule has 1 heterocycles. The number of nitrogens with zero attached hydrogens (tertiary/aromatic N) is 1. The SMILES string of the molecule is O=C(Nc1cccc(N2CCCS2(=O)=O)c1)NC1CCC(C(=O)O)CC1. The number of urea groups is 1. The van der Waals surface area contributed by atoms with E-state index in [1.54, 1.807) is 24.3 Å². The summed E-state index contributed by atoms with van der Waals surface area (Å²) in [7, 11) is -3.26. The highest BCUT2D eigenvalue weighted by Crippen LogP contribution is 2.27. The van der Waals surface area contributed by atoms with Gasteiger partial charge < -0.3 is 15.7 Å². The Morgan fingerprint density at radius 2 is 1.88 bits per heavy atom. The number of carbonyl (C=O) groups is 2. The van der Waals surface area contributed by atoms with Crippen molar-refractivity contribution >= 4 is 33.4 Å². The Balaban J connectivity index is 1.57. The van der Waals surface area contributed by atoms with Crippen molar-refractivity contribution in [2.24, 2.45) is 5.92 Å². The summed E-state index contributed by atoms with van der Waals surface area (Å²) in [6.45, 7) is 0.449.